The van der Waals surface area contributed by atoms with E-state index in [0.717, 1.165) is 208 Å². The van der Waals surface area contributed by atoms with Crippen LogP contribution in [0.5, 0.6) is 0 Å². The second-order valence-corrected chi connectivity index (χ2v) is 26.1. The highest BCUT2D eigenvalue weighted by atomic mass is 15.0. The molecule has 0 spiro atoms. The lowest BCUT2D eigenvalue weighted by Gasteiger charge is -2.08. The van der Waals surface area contributed by atoms with E-state index in [-0.39, 0.29) is 0 Å². The first-order chi connectivity index (χ1) is 49.2. The number of fused-ring (bicyclic) bond motifs is 16. The van der Waals surface area contributed by atoms with Crippen molar-refractivity contribution in [3.8, 4) is 61.3 Å². The first-order valence-corrected chi connectivity index (χ1v) is 35.9. The molecule has 16 bridgehead atoms. The molecule has 0 radical (unpaired) electrons. The zero-order valence-electron chi connectivity index (χ0n) is 58.3. The molecule has 4 aliphatic heterocycles. The number of nitrogens with zero attached hydrogens (tertiary/aromatic N) is 6. The fraction of sp³-hybridized carbons (Fsp3) is 0.178. The minimum Gasteiger partial charge on any atom is -0.355 e. The highest BCUT2D eigenvalue weighted by Gasteiger charge is 2.32. The number of hydrogen-bond donors (Lipinski definition) is 4. The van der Waals surface area contributed by atoms with Gasteiger partial charge in [-0.1, -0.05) is 177 Å². The average molecular weight is 1300 g/mol. The summed E-state index contributed by atoms with van der Waals surface area (Å²) >= 11 is 0. The Morgan fingerprint density at radius 1 is 0.290 bits per heavy atom. The highest BCUT2D eigenvalue weighted by molar-refractivity contribution is 6.02. The van der Waals surface area contributed by atoms with Crippen molar-refractivity contribution in [1.29, 1.82) is 0 Å². The van der Waals surface area contributed by atoms with E-state index in [9.17, 15) is 0 Å². The lowest BCUT2D eigenvalue weighted by atomic mass is 9.97. The SMILES string of the molecule is CCC1=C(CC)c2cc3[nH]c(c(CC)c3CC)c(-[n+]3ccc(-c4cc[n+](C5=Cc6nc5c(-c5ccccc5)c5ccc([nH]5)c(-c5ccccc5)c5nc(c(-c7ccccc7)c7ccc([nH]7)c6-c6ccccc6)C=C5)cc4)cc3)c3nc(cc4[nH]c(cc1n2)c(CC)c4CC)C(CC)=C3CC. The number of nitrogens with one attached hydrogen (secondary N) is 4. The maximum atomic E-state index is 5.86. The van der Waals surface area contributed by atoms with Crippen LogP contribution in [0.25, 0.3) is 152 Å². The molecule has 16 rings (SSSR count). The van der Waals surface area contributed by atoms with Gasteiger partial charge in [-0.3, -0.25) is 0 Å². The summed E-state index contributed by atoms with van der Waals surface area (Å²) in [5, 5.41) is 0. The Morgan fingerprint density at radius 2 is 0.660 bits per heavy atom. The molecule has 0 saturated carbocycles. The van der Waals surface area contributed by atoms with Gasteiger partial charge < -0.3 is 19.9 Å². The van der Waals surface area contributed by atoms with Crippen LogP contribution in [-0.2, 0) is 25.7 Å². The van der Waals surface area contributed by atoms with Crippen molar-refractivity contribution >= 4 is 90.4 Å². The van der Waals surface area contributed by atoms with Gasteiger partial charge in [0.15, 0.2) is 24.8 Å². The number of aryl methyl sites for hydroxylation is 4. The summed E-state index contributed by atoms with van der Waals surface area (Å²) in [5.41, 5.74) is 38.7. The minimum absolute atomic E-state index is 0.834. The van der Waals surface area contributed by atoms with Crippen LogP contribution in [0, 0.1) is 0 Å². The van der Waals surface area contributed by atoms with Crippen molar-refractivity contribution in [1.82, 2.24) is 39.9 Å². The largest absolute Gasteiger partial charge is 0.355 e. The summed E-state index contributed by atoms with van der Waals surface area (Å²) in [6.07, 6.45) is 22.5. The maximum absolute atomic E-state index is 5.86. The Bertz CT molecular complexity index is 5700. The summed E-state index contributed by atoms with van der Waals surface area (Å²) in [6.45, 7) is 18.3. The molecule has 490 valence electrons. The van der Waals surface area contributed by atoms with Crippen molar-refractivity contribution in [2.45, 2.75) is 107 Å². The molecule has 4 aliphatic rings. The molecule has 8 aromatic heterocycles. The fourth-order valence-corrected chi connectivity index (χ4v) is 16.1. The smallest absolute Gasteiger partial charge is 0.260 e. The van der Waals surface area contributed by atoms with E-state index in [1.807, 2.05) is 0 Å². The van der Waals surface area contributed by atoms with Gasteiger partial charge in [-0.2, -0.15) is 9.13 Å². The predicted molar refractivity (Wildman–Crippen MR) is 415 cm³/mol. The third kappa shape index (κ3) is 11.0. The zero-order chi connectivity index (χ0) is 68.1. The van der Waals surface area contributed by atoms with Gasteiger partial charge in [0.2, 0.25) is 5.70 Å². The number of H-pyrrole nitrogens is 4. The summed E-state index contributed by atoms with van der Waals surface area (Å²) in [5.74, 6) is 0. The highest BCUT2D eigenvalue weighted by Crippen LogP contribution is 2.44. The lowest BCUT2D eigenvalue weighted by molar-refractivity contribution is -0.594. The Hall–Kier alpha value is -11.6. The van der Waals surface area contributed by atoms with Gasteiger partial charge in [0.05, 0.1) is 34.2 Å². The molecule has 10 nitrogen and oxygen atoms in total. The van der Waals surface area contributed by atoms with Gasteiger partial charge in [-0.05, 0) is 184 Å². The van der Waals surface area contributed by atoms with Crippen molar-refractivity contribution < 1.29 is 9.13 Å². The average Bonchev–Trinajstić information content (AvgIpc) is 1.60. The third-order valence-corrected chi connectivity index (χ3v) is 20.7. The Morgan fingerprint density at radius 3 is 1.10 bits per heavy atom. The molecule has 10 heteroatoms. The second kappa shape index (κ2) is 26.7. The van der Waals surface area contributed by atoms with Gasteiger partial charge in [-0.15, -0.1) is 0 Å². The zero-order valence-corrected chi connectivity index (χ0v) is 58.3. The first-order valence-electron chi connectivity index (χ1n) is 35.9. The quantitative estimate of drug-likeness (QED) is 0.0764. The van der Waals surface area contributed by atoms with Crippen LogP contribution < -0.4 is 9.13 Å². The Labute approximate surface area is 584 Å². The molecule has 12 heterocycles. The molecular weight excluding hydrogens is 1220 g/mol. The number of benzene rings is 4. The van der Waals surface area contributed by atoms with Crippen molar-refractivity contribution in [2.75, 3.05) is 0 Å². The minimum atomic E-state index is 0.834. The maximum Gasteiger partial charge on any atom is 0.260 e. The first kappa shape index (κ1) is 63.1. The molecule has 0 atom stereocenters. The molecule has 4 aromatic carbocycles. The van der Waals surface area contributed by atoms with Gasteiger partial charge in [-0.25, -0.2) is 19.9 Å². The van der Waals surface area contributed by atoms with Crippen LogP contribution in [-0.4, -0.2) is 39.9 Å². The van der Waals surface area contributed by atoms with E-state index in [1.54, 1.807) is 0 Å². The summed E-state index contributed by atoms with van der Waals surface area (Å²) in [7, 11) is 0. The number of hydrogen-bond acceptors (Lipinski definition) is 4. The van der Waals surface area contributed by atoms with Crippen LogP contribution in [0.3, 0.4) is 0 Å². The van der Waals surface area contributed by atoms with Gasteiger partial charge in [0.1, 0.15) is 16.9 Å². The van der Waals surface area contributed by atoms with Gasteiger partial charge in [0.25, 0.3) is 5.69 Å². The van der Waals surface area contributed by atoms with E-state index < -0.39 is 0 Å². The molecule has 0 saturated heterocycles. The fourth-order valence-electron chi connectivity index (χ4n) is 16.1. The molecular formula is C90H82N10+2. The Balaban J connectivity index is 0.898. The molecule has 100 heavy (non-hydrogen) atoms. The Kier molecular flexibility index (Phi) is 16.8. The van der Waals surface area contributed by atoms with E-state index in [2.05, 4.69) is 316 Å². The standard InChI is InChI=1S/C90H80N10/c1-9-61-63(11-3)77-52-79-65(13-5)67(15-7)87(96-79)90(88-68(16-8)66(14-6)80(97-88)53-78-64(12-4)62(10-2)76(95-78)51-75(61)94-77)100-49-45-56(46-50-100)55-43-47-99(48-44-55)82-54-81-85(59-33-25-19-26-34-59)73-40-39-71(92-73)83(57-29-21-17-22-30-57)69-37-38-70(91-69)84(58-31-23-18-24-32-58)72-41-42-74(93-72)86(89(82)98-81)60-35-27-20-28-36-60/h17-54H,9-16H2,1-8H3,(H2,91,92,93,94,95,96,97,98)/p+2. The van der Waals surface area contributed by atoms with Crippen LogP contribution in [0.2, 0.25) is 0 Å². The summed E-state index contributed by atoms with van der Waals surface area (Å²) < 4.78 is 4.55. The monoisotopic (exact) mass is 1300 g/mol. The molecule has 0 amide bonds. The van der Waals surface area contributed by atoms with E-state index in [0.29, 0.717) is 0 Å². The van der Waals surface area contributed by atoms with Crippen molar-refractivity contribution in [3.05, 3.63) is 281 Å². The number of rotatable bonds is 15. The van der Waals surface area contributed by atoms with Crippen LogP contribution in [0.4, 0.5) is 0 Å². The summed E-state index contributed by atoms with van der Waals surface area (Å²) in [6, 6.07) is 67.3. The number of allylic oxidation sites excluding steroid dienone is 4. The third-order valence-electron chi connectivity index (χ3n) is 20.7. The van der Waals surface area contributed by atoms with Gasteiger partial charge >= 0.3 is 0 Å². The van der Waals surface area contributed by atoms with Gasteiger partial charge in [0, 0.05) is 91.2 Å². The number of pyridine rings is 2. The van der Waals surface area contributed by atoms with Crippen LogP contribution >= 0.6 is 0 Å². The molecule has 0 fully saturated rings. The second-order valence-electron chi connectivity index (χ2n) is 26.1. The molecule has 0 aliphatic carbocycles. The predicted octanol–water partition coefficient (Wildman–Crippen LogP) is 21.8. The number of aromatic amines is 4. The topological polar surface area (TPSA) is 122 Å². The van der Waals surface area contributed by atoms with Crippen molar-refractivity contribution in [3.63, 3.8) is 0 Å². The molecule has 4 N–H and O–H groups in total. The molecule has 0 unspecified atom stereocenters. The molecule has 12 aromatic rings. The lowest BCUT2D eigenvalue weighted by Crippen LogP contribution is -2.32. The summed E-state index contributed by atoms with van der Waals surface area (Å²) in [4.78, 5) is 38.7. The van der Waals surface area contributed by atoms with Crippen molar-refractivity contribution in [2.24, 2.45) is 0 Å². The normalized spacial score (nSPS) is 12.9. The van der Waals surface area contributed by atoms with Crippen LogP contribution in [0.15, 0.2) is 213 Å². The van der Waals surface area contributed by atoms with E-state index in [4.69, 9.17) is 19.9 Å². The van der Waals surface area contributed by atoms with E-state index >= 15 is 0 Å². The van der Waals surface area contributed by atoms with Crippen LogP contribution in [0.1, 0.15) is 149 Å². The van der Waals surface area contributed by atoms with E-state index in [1.165, 1.54) is 44.5 Å². The number of aromatic nitrogens is 10.